The SMILES string of the molecule is Cc1ccc(CNC(=O)c2c(N)n(-c3ccc4c(c3)OCO4)c3nc4ccccc4nc23)cc1. The van der Waals surface area contributed by atoms with Gasteiger partial charge >= 0.3 is 0 Å². The summed E-state index contributed by atoms with van der Waals surface area (Å²) in [5, 5.41) is 2.98. The van der Waals surface area contributed by atoms with Gasteiger partial charge in [0.05, 0.1) is 16.7 Å². The predicted octanol–water partition coefficient (Wildman–Crippen LogP) is 4.12. The highest BCUT2D eigenvalue weighted by Gasteiger charge is 2.26. The van der Waals surface area contributed by atoms with Gasteiger partial charge in [0.1, 0.15) is 16.9 Å². The molecule has 0 saturated heterocycles. The molecular weight excluding hydrogens is 430 g/mol. The highest BCUT2D eigenvalue weighted by molar-refractivity contribution is 6.11. The molecule has 3 aromatic carbocycles. The van der Waals surface area contributed by atoms with E-state index < -0.39 is 0 Å². The Morgan fingerprint density at radius 3 is 2.53 bits per heavy atom. The van der Waals surface area contributed by atoms with Crippen molar-refractivity contribution in [1.29, 1.82) is 0 Å². The molecule has 2 aromatic heterocycles. The number of rotatable bonds is 4. The van der Waals surface area contributed by atoms with E-state index in [9.17, 15) is 4.79 Å². The van der Waals surface area contributed by atoms with Crippen molar-refractivity contribution >= 4 is 33.9 Å². The van der Waals surface area contributed by atoms with Crippen LogP contribution in [0.5, 0.6) is 11.5 Å². The second-order valence-electron chi connectivity index (χ2n) is 8.19. The maximum atomic E-state index is 13.4. The van der Waals surface area contributed by atoms with Gasteiger partial charge in [0.25, 0.3) is 5.91 Å². The van der Waals surface area contributed by atoms with E-state index in [0.29, 0.717) is 45.9 Å². The largest absolute Gasteiger partial charge is 0.454 e. The molecule has 0 bridgehead atoms. The maximum Gasteiger partial charge on any atom is 0.257 e. The van der Waals surface area contributed by atoms with Crippen LogP contribution in [0.4, 0.5) is 5.82 Å². The number of aromatic nitrogens is 3. The van der Waals surface area contributed by atoms with Crippen LogP contribution in [0.2, 0.25) is 0 Å². The first-order valence-corrected chi connectivity index (χ1v) is 10.9. The smallest absolute Gasteiger partial charge is 0.257 e. The van der Waals surface area contributed by atoms with Crippen molar-refractivity contribution in [3.8, 4) is 17.2 Å². The number of carbonyl (C=O) groups excluding carboxylic acids is 1. The summed E-state index contributed by atoms with van der Waals surface area (Å²) in [7, 11) is 0. The number of ether oxygens (including phenoxy) is 2. The van der Waals surface area contributed by atoms with Gasteiger partial charge in [0.15, 0.2) is 17.1 Å². The van der Waals surface area contributed by atoms with Crippen molar-refractivity contribution in [1.82, 2.24) is 19.9 Å². The molecule has 1 aliphatic heterocycles. The van der Waals surface area contributed by atoms with Gasteiger partial charge in [-0.3, -0.25) is 9.36 Å². The molecule has 0 aliphatic carbocycles. The van der Waals surface area contributed by atoms with E-state index in [0.717, 1.165) is 11.1 Å². The number of anilines is 1. The van der Waals surface area contributed by atoms with Crippen LogP contribution in [0.15, 0.2) is 66.7 Å². The molecule has 5 aromatic rings. The number of fused-ring (bicyclic) bond motifs is 3. The minimum absolute atomic E-state index is 0.164. The Labute approximate surface area is 194 Å². The molecule has 0 atom stereocenters. The summed E-state index contributed by atoms with van der Waals surface area (Å²) in [6, 6.07) is 21.0. The molecule has 0 saturated carbocycles. The lowest BCUT2D eigenvalue weighted by atomic mass is 10.1. The van der Waals surface area contributed by atoms with Gasteiger partial charge in [0.2, 0.25) is 6.79 Å². The van der Waals surface area contributed by atoms with E-state index in [2.05, 4.69) is 5.32 Å². The fourth-order valence-corrected chi connectivity index (χ4v) is 4.15. The zero-order valence-electron chi connectivity index (χ0n) is 18.4. The minimum Gasteiger partial charge on any atom is -0.454 e. The van der Waals surface area contributed by atoms with Crippen molar-refractivity contribution in [3.05, 3.63) is 83.4 Å². The summed E-state index contributed by atoms with van der Waals surface area (Å²) in [5.41, 5.74) is 12.1. The van der Waals surface area contributed by atoms with Crippen molar-refractivity contribution < 1.29 is 14.3 Å². The number of nitrogens with zero attached hydrogens (tertiary/aromatic N) is 3. The predicted molar refractivity (Wildman–Crippen MR) is 129 cm³/mol. The lowest BCUT2D eigenvalue weighted by Gasteiger charge is -2.09. The van der Waals surface area contributed by atoms with E-state index in [1.807, 2.05) is 73.7 Å². The molecule has 1 aliphatic rings. The zero-order chi connectivity index (χ0) is 23.2. The molecule has 0 spiro atoms. The van der Waals surface area contributed by atoms with Crippen LogP contribution < -0.4 is 20.5 Å². The van der Waals surface area contributed by atoms with E-state index in [-0.39, 0.29) is 24.1 Å². The molecule has 3 N–H and O–H groups in total. The Morgan fingerprint density at radius 1 is 1.00 bits per heavy atom. The van der Waals surface area contributed by atoms with Crippen LogP contribution in [-0.2, 0) is 6.54 Å². The number of carbonyl (C=O) groups is 1. The molecule has 0 radical (unpaired) electrons. The molecule has 1 amide bonds. The average Bonchev–Trinajstić information content (AvgIpc) is 3.43. The molecule has 8 heteroatoms. The maximum absolute atomic E-state index is 13.4. The van der Waals surface area contributed by atoms with Crippen molar-refractivity contribution in [2.45, 2.75) is 13.5 Å². The number of hydrogen-bond donors (Lipinski definition) is 2. The molecule has 3 heterocycles. The Balaban J connectivity index is 1.49. The van der Waals surface area contributed by atoms with Gasteiger partial charge < -0.3 is 20.5 Å². The van der Waals surface area contributed by atoms with Crippen LogP contribution in [0.1, 0.15) is 21.5 Å². The molecule has 0 fully saturated rings. The van der Waals surface area contributed by atoms with Crippen LogP contribution >= 0.6 is 0 Å². The van der Waals surface area contributed by atoms with E-state index in [1.165, 1.54) is 0 Å². The lowest BCUT2D eigenvalue weighted by Crippen LogP contribution is -2.24. The Morgan fingerprint density at radius 2 is 1.74 bits per heavy atom. The fourth-order valence-electron chi connectivity index (χ4n) is 4.15. The van der Waals surface area contributed by atoms with Gasteiger partial charge in [-0.15, -0.1) is 0 Å². The lowest BCUT2D eigenvalue weighted by molar-refractivity contribution is 0.0953. The number of nitrogen functional groups attached to an aromatic ring is 1. The molecule has 0 unspecified atom stereocenters. The first kappa shape index (κ1) is 20.0. The highest BCUT2D eigenvalue weighted by Crippen LogP contribution is 2.37. The molecule has 34 heavy (non-hydrogen) atoms. The Hall–Kier alpha value is -4.59. The minimum atomic E-state index is -0.313. The number of nitrogens with two attached hydrogens (primary N) is 1. The summed E-state index contributed by atoms with van der Waals surface area (Å²) in [6.07, 6.45) is 0. The van der Waals surface area contributed by atoms with Crippen molar-refractivity contribution in [2.24, 2.45) is 0 Å². The zero-order valence-corrected chi connectivity index (χ0v) is 18.4. The number of hydrogen-bond acceptors (Lipinski definition) is 6. The normalized spacial score (nSPS) is 12.4. The van der Waals surface area contributed by atoms with Gasteiger partial charge in [-0.05, 0) is 36.8 Å². The second-order valence-corrected chi connectivity index (χ2v) is 8.19. The first-order valence-electron chi connectivity index (χ1n) is 10.9. The number of nitrogens with one attached hydrogen (secondary N) is 1. The number of benzene rings is 3. The summed E-state index contributed by atoms with van der Waals surface area (Å²) in [5.74, 6) is 1.21. The summed E-state index contributed by atoms with van der Waals surface area (Å²) in [6.45, 7) is 2.56. The van der Waals surface area contributed by atoms with Gasteiger partial charge in [-0.1, -0.05) is 42.0 Å². The number of para-hydroxylation sites is 2. The van der Waals surface area contributed by atoms with E-state index >= 15 is 0 Å². The topological polar surface area (TPSA) is 104 Å². The average molecular weight is 451 g/mol. The fraction of sp³-hybridized carbons (Fsp3) is 0.115. The van der Waals surface area contributed by atoms with E-state index in [4.69, 9.17) is 25.2 Å². The second kappa shape index (κ2) is 7.77. The van der Waals surface area contributed by atoms with Crippen LogP contribution in [0, 0.1) is 6.92 Å². The standard InChI is InChI=1S/C26H21N5O3/c1-15-6-8-16(9-7-15)13-28-26(32)22-23-25(30-19-5-3-2-4-18(19)29-23)31(24(22)27)17-10-11-20-21(12-17)34-14-33-20/h2-12H,13-14,27H2,1H3,(H,28,32). The van der Waals surface area contributed by atoms with E-state index in [1.54, 1.807) is 4.57 Å². The molecular formula is C26H21N5O3. The summed E-state index contributed by atoms with van der Waals surface area (Å²) >= 11 is 0. The van der Waals surface area contributed by atoms with Gasteiger partial charge in [-0.2, -0.15) is 0 Å². The number of amides is 1. The van der Waals surface area contributed by atoms with Crippen LogP contribution in [-0.4, -0.2) is 27.2 Å². The molecule has 6 rings (SSSR count). The molecule has 168 valence electrons. The summed E-state index contributed by atoms with van der Waals surface area (Å²) < 4.78 is 12.7. The van der Waals surface area contributed by atoms with Crippen LogP contribution in [0.3, 0.4) is 0 Å². The number of aryl methyl sites for hydroxylation is 1. The summed E-state index contributed by atoms with van der Waals surface area (Å²) in [4.78, 5) is 22.9. The van der Waals surface area contributed by atoms with Crippen molar-refractivity contribution in [3.63, 3.8) is 0 Å². The molecule has 8 nitrogen and oxygen atoms in total. The third-order valence-corrected chi connectivity index (χ3v) is 5.91. The van der Waals surface area contributed by atoms with Crippen LogP contribution in [0.25, 0.3) is 27.9 Å². The Kier molecular flexibility index (Phi) is 4.58. The first-order chi connectivity index (χ1) is 16.6. The third-order valence-electron chi connectivity index (χ3n) is 5.91. The third kappa shape index (κ3) is 3.27. The highest BCUT2D eigenvalue weighted by atomic mass is 16.7. The van der Waals surface area contributed by atoms with Gasteiger partial charge in [0, 0.05) is 12.6 Å². The van der Waals surface area contributed by atoms with Gasteiger partial charge in [-0.25, -0.2) is 9.97 Å². The Bertz CT molecular complexity index is 1570. The van der Waals surface area contributed by atoms with Crippen molar-refractivity contribution in [2.75, 3.05) is 12.5 Å². The quantitative estimate of drug-likeness (QED) is 0.426. The monoisotopic (exact) mass is 451 g/mol.